The van der Waals surface area contributed by atoms with Gasteiger partial charge in [0.15, 0.2) is 0 Å². The summed E-state index contributed by atoms with van der Waals surface area (Å²) in [6.45, 7) is 6.32. The summed E-state index contributed by atoms with van der Waals surface area (Å²) in [5.41, 5.74) is 0.392. The van der Waals surface area contributed by atoms with Gasteiger partial charge in [0, 0.05) is 51.0 Å². The highest BCUT2D eigenvalue weighted by molar-refractivity contribution is 5.92. The lowest BCUT2D eigenvalue weighted by molar-refractivity contribution is 0.000535. The number of hydrogen-bond acceptors (Lipinski definition) is 6. The van der Waals surface area contributed by atoms with Crippen LogP contribution in [0.1, 0.15) is 30.3 Å². The van der Waals surface area contributed by atoms with Gasteiger partial charge in [0.05, 0.1) is 7.11 Å². The lowest BCUT2D eigenvalue weighted by Gasteiger charge is -2.44. The van der Waals surface area contributed by atoms with Gasteiger partial charge in [-0.1, -0.05) is 0 Å². The van der Waals surface area contributed by atoms with Crippen molar-refractivity contribution in [2.45, 2.75) is 31.8 Å². The van der Waals surface area contributed by atoms with Gasteiger partial charge in [0.25, 0.3) is 5.91 Å². The number of nitrogens with zero attached hydrogens (tertiary/aromatic N) is 4. The minimum Gasteiger partial charge on any atom is -0.481 e. The molecule has 3 heterocycles. The largest absolute Gasteiger partial charge is 0.481 e. The first-order chi connectivity index (χ1) is 11.2. The number of piperazine rings is 1. The van der Waals surface area contributed by atoms with Crippen molar-refractivity contribution in [1.82, 2.24) is 19.8 Å². The van der Waals surface area contributed by atoms with Crippen LogP contribution in [0.3, 0.4) is 0 Å². The van der Waals surface area contributed by atoms with Crippen LogP contribution in [0, 0.1) is 0 Å². The van der Waals surface area contributed by atoms with Gasteiger partial charge in [-0.05, 0) is 19.8 Å². The summed E-state index contributed by atoms with van der Waals surface area (Å²) < 4.78 is 10.5. The Morgan fingerprint density at radius 3 is 2.78 bits per heavy atom. The lowest BCUT2D eigenvalue weighted by Crippen LogP contribution is -2.57. The maximum Gasteiger partial charge on any atom is 0.273 e. The Balaban J connectivity index is 1.64. The molecule has 0 saturated carbocycles. The van der Waals surface area contributed by atoms with Gasteiger partial charge in [0.1, 0.15) is 12.0 Å². The van der Waals surface area contributed by atoms with Crippen LogP contribution in [0.2, 0.25) is 0 Å². The Labute approximate surface area is 136 Å². The molecule has 126 valence electrons. The van der Waals surface area contributed by atoms with Crippen molar-refractivity contribution in [1.29, 1.82) is 0 Å². The summed E-state index contributed by atoms with van der Waals surface area (Å²) in [6, 6.07) is 2.35. The van der Waals surface area contributed by atoms with E-state index in [0.29, 0.717) is 17.6 Å². The molecule has 0 unspecified atom stereocenters. The normalized spacial score (nSPS) is 23.7. The van der Waals surface area contributed by atoms with E-state index >= 15 is 0 Å². The predicted molar refractivity (Wildman–Crippen MR) is 84.5 cm³/mol. The van der Waals surface area contributed by atoms with E-state index in [0.717, 1.165) is 45.7 Å². The van der Waals surface area contributed by atoms with E-state index in [1.807, 2.05) is 4.90 Å². The number of methoxy groups -OCH3 is 1. The van der Waals surface area contributed by atoms with Crippen molar-refractivity contribution in [3.05, 3.63) is 18.1 Å². The first-order valence-electron chi connectivity index (χ1n) is 8.18. The van der Waals surface area contributed by atoms with Gasteiger partial charge < -0.3 is 14.4 Å². The molecule has 1 atom stereocenters. The molecule has 0 aromatic carbocycles. The molecule has 2 saturated heterocycles. The van der Waals surface area contributed by atoms with Crippen molar-refractivity contribution in [2.75, 3.05) is 40.0 Å². The SMILES string of the molecule is COc1cc(C(=O)N2CCN(C3CCOCC3)C[C@H]2C)ncn1. The van der Waals surface area contributed by atoms with Gasteiger partial charge in [-0.3, -0.25) is 9.69 Å². The smallest absolute Gasteiger partial charge is 0.273 e. The molecule has 7 nitrogen and oxygen atoms in total. The van der Waals surface area contributed by atoms with Crippen LogP contribution in [0.4, 0.5) is 0 Å². The average molecular weight is 320 g/mol. The number of carbonyl (C=O) groups is 1. The molecule has 1 amide bonds. The fourth-order valence-corrected chi connectivity index (χ4v) is 3.38. The molecule has 2 aliphatic heterocycles. The van der Waals surface area contributed by atoms with Crippen LogP contribution < -0.4 is 4.74 Å². The zero-order chi connectivity index (χ0) is 16.2. The highest BCUT2D eigenvalue weighted by Gasteiger charge is 2.32. The number of aromatic nitrogens is 2. The molecule has 2 aliphatic rings. The molecule has 7 heteroatoms. The van der Waals surface area contributed by atoms with Crippen molar-refractivity contribution in [3.8, 4) is 5.88 Å². The van der Waals surface area contributed by atoms with Crippen LogP contribution in [-0.2, 0) is 4.74 Å². The van der Waals surface area contributed by atoms with E-state index < -0.39 is 0 Å². The van der Waals surface area contributed by atoms with E-state index in [9.17, 15) is 4.79 Å². The summed E-state index contributed by atoms with van der Waals surface area (Å²) in [6.07, 6.45) is 3.54. The predicted octanol–water partition coefficient (Wildman–Crippen LogP) is 0.810. The van der Waals surface area contributed by atoms with Crippen LogP contribution in [0.15, 0.2) is 12.4 Å². The maximum absolute atomic E-state index is 12.7. The van der Waals surface area contributed by atoms with Crippen LogP contribution >= 0.6 is 0 Å². The van der Waals surface area contributed by atoms with E-state index in [4.69, 9.17) is 9.47 Å². The molecule has 1 aromatic heterocycles. The maximum atomic E-state index is 12.7. The van der Waals surface area contributed by atoms with E-state index in [1.54, 1.807) is 6.07 Å². The summed E-state index contributed by atoms with van der Waals surface area (Å²) in [5, 5.41) is 0. The minimum absolute atomic E-state index is 0.0511. The van der Waals surface area contributed by atoms with E-state index in [1.165, 1.54) is 13.4 Å². The van der Waals surface area contributed by atoms with Gasteiger partial charge in [-0.25, -0.2) is 9.97 Å². The molecule has 0 spiro atoms. The third-order valence-electron chi connectivity index (χ3n) is 4.70. The number of ether oxygens (including phenoxy) is 2. The zero-order valence-corrected chi connectivity index (χ0v) is 13.8. The van der Waals surface area contributed by atoms with E-state index in [-0.39, 0.29) is 11.9 Å². The van der Waals surface area contributed by atoms with Gasteiger partial charge in [-0.15, -0.1) is 0 Å². The molecule has 0 radical (unpaired) electrons. The van der Waals surface area contributed by atoms with Gasteiger partial charge in [0.2, 0.25) is 5.88 Å². The summed E-state index contributed by atoms with van der Waals surface area (Å²) in [7, 11) is 1.53. The fraction of sp³-hybridized carbons (Fsp3) is 0.688. The monoisotopic (exact) mass is 320 g/mol. The summed E-state index contributed by atoms with van der Waals surface area (Å²) >= 11 is 0. The Morgan fingerprint density at radius 1 is 1.30 bits per heavy atom. The first-order valence-corrected chi connectivity index (χ1v) is 8.18. The van der Waals surface area contributed by atoms with Gasteiger partial charge >= 0.3 is 0 Å². The molecule has 2 fully saturated rings. The average Bonchev–Trinajstić information content (AvgIpc) is 2.62. The van der Waals surface area contributed by atoms with E-state index in [2.05, 4.69) is 21.8 Å². The van der Waals surface area contributed by atoms with Crippen molar-refractivity contribution < 1.29 is 14.3 Å². The molecule has 0 N–H and O–H groups in total. The zero-order valence-electron chi connectivity index (χ0n) is 13.8. The van der Waals surface area contributed by atoms with Crippen molar-refractivity contribution in [2.24, 2.45) is 0 Å². The number of rotatable bonds is 3. The van der Waals surface area contributed by atoms with Gasteiger partial charge in [-0.2, -0.15) is 0 Å². The second kappa shape index (κ2) is 7.23. The molecular formula is C16H24N4O3. The van der Waals surface area contributed by atoms with Crippen LogP contribution in [-0.4, -0.2) is 77.7 Å². The molecular weight excluding hydrogens is 296 g/mol. The quantitative estimate of drug-likeness (QED) is 0.821. The Kier molecular flexibility index (Phi) is 5.07. The Morgan fingerprint density at radius 2 is 2.09 bits per heavy atom. The minimum atomic E-state index is -0.0511. The lowest BCUT2D eigenvalue weighted by atomic mass is 10.0. The molecule has 23 heavy (non-hydrogen) atoms. The molecule has 0 bridgehead atoms. The second-order valence-electron chi connectivity index (χ2n) is 6.13. The standard InChI is InChI=1S/C16H24N4O3/c1-12-10-19(13-3-7-23-8-4-13)5-6-20(12)16(21)14-9-15(22-2)18-11-17-14/h9,11-13H,3-8,10H2,1-2H3/t12-/m1/s1. The molecule has 0 aliphatic carbocycles. The highest BCUT2D eigenvalue weighted by Crippen LogP contribution is 2.20. The summed E-state index contributed by atoms with van der Waals surface area (Å²) in [4.78, 5) is 25.1. The molecule has 1 aromatic rings. The fourth-order valence-electron chi connectivity index (χ4n) is 3.38. The number of hydrogen-bond donors (Lipinski definition) is 0. The van der Waals surface area contributed by atoms with Crippen molar-refractivity contribution in [3.63, 3.8) is 0 Å². The first kappa shape index (κ1) is 16.1. The number of carbonyl (C=O) groups excluding carboxylic acids is 1. The Bertz CT molecular complexity index is 548. The van der Waals surface area contributed by atoms with Crippen molar-refractivity contribution >= 4 is 5.91 Å². The molecule has 3 rings (SSSR count). The van der Waals surface area contributed by atoms with Crippen LogP contribution in [0.25, 0.3) is 0 Å². The third kappa shape index (κ3) is 3.61. The Hall–Kier alpha value is -1.73. The second-order valence-corrected chi connectivity index (χ2v) is 6.13. The highest BCUT2D eigenvalue weighted by atomic mass is 16.5. The van der Waals surface area contributed by atoms with Crippen LogP contribution in [0.5, 0.6) is 5.88 Å². The number of amides is 1. The summed E-state index contributed by atoms with van der Waals surface area (Å²) in [5.74, 6) is 0.363. The third-order valence-corrected chi connectivity index (χ3v) is 4.70. The topological polar surface area (TPSA) is 67.8 Å².